The Morgan fingerprint density at radius 1 is 1.19 bits per heavy atom. The minimum absolute atomic E-state index is 0.0312. The Morgan fingerprint density at radius 3 is 2.56 bits per heavy atom. The molecule has 1 unspecified atom stereocenters. The number of imide groups is 1. The molecule has 0 radical (unpaired) electrons. The number of hydrogen-bond acceptors (Lipinski definition) is 4. The third-order valence-corrected chi connectivity index (χ3v) is 4.88. The molecule has 0 aliphatic carbocycles. The molecule has 0 bridgehead atoms. The third-order valence-electron chi connectivity index (χ3n) is 4.55. The van der Waals surface area contributed by atoms with Crippen molar-refractivity contribution in [3.8, 4) is 0 Å². The van der Waals surface area contributed by atoms with Gasteiger partial charge in [0.25, 0.3) is 5.91 Å². The smallest absolute Gasteiger partial charge is 0.251 e. The molecule has 0 saturated carbocycles. The summed E-state index contributed by atoms with van der Waals surface area (Å²) in [6.07, 6.45) is 0.0447. The van der Waals surface area contributed by atoms with Crippen LogP contribution in [0.25, 0.3) is 0 Å². The van der Waals surface area contributed by atoms with Crippen LogP contribution in [0.2, 0.25) is 5.02 Å². The second-order valence-corrected chi connectivity index (χ2v) is 6.92. The molecule has 1 heterocycles. The lowest BCUT2D eigenvalue weighted by Crippen LogP contribution is -2.43. The van der Waals surface area contributed by atoms with E-state index in [1.807, 2.05) is 19.1 Å². The SMILES string of the molecule is Cc1ccccc1N1C(=O)CC(N(C)CC(=O)Nc2ccccc2Cl)C1=O. The van der Waals surface area contributed by atoms with Gasteiger partial charge in [-0.15, -0.1) is 0 Å². The van der Waals surface area contributed by atoms with Crippen LogP contribution in [-0.4, -0.2) is 42.3 Å². The van der Waals surface area contributed by atoms with Gasteiger partial charge in [-0.05, 0) is 37.7 Å². The van der Waals surface area contributed by atoms with Crippen LogP contribution >= 0.6 is 11.6 Å². The molecule has 1 atom stereocenters. The van der Waals surface area contributed by atoms with Crippen molar-refractivity contribution < 1.29 is 14.4 Å². The number of para-hydroxylation sites is 2. The summed E-state index contributed by atoms with van der Waals surface area (Å²) in [5.41, 5.74) is 1.94. The van der Waals surface area contributed by atoms with Crippen molar-refractivity contribution in [2.75, 3.05) is 23.8 Å². The lowest BCUT2D eigenvalue weighted by molar-refractivity contribution is -0.123. The Bertz CT molecular complexity index is 900. The fraction of sp³-hybridized carbons (Fsp3) is 0.250. The summed E-state index contributed by atoms with van der Waals surface area (Å²) in [7, 11) is 1.66. The van der Waals surface area contributed by atoms with Gasteiger partial charge in [0.2, 0.25) is 11.8 Å². The molecule has 0 spiro atoms. The zero-order valence-corrected chi connectivity index (χ0v) is 15.9. The van der Waals surface area contributed by atoms with E-state index in [2.05, 4.69) is 5.32 Å². The van der Waals surface area contributed by atoms with Gasteiger partial charge in [0.1, 0.15) is 0 Å². The summed E-state index contributed by atoms with van der Waals surface area (Å²) in [6, 6.07) is 13.5. The lowest BCUT2D eigenvalue weighted by Gasteiger charge is -2.23. The van der Waals surface area contributed by atoms with Gasteiger partial charge in [0.15, 0.2) is 0 Å². The predicted molar refractivity (Wildman–Crippen MR) is 105 cm³/mol. The van der Waals surface area contributed by atoms with Gasteiger partial charge in [0.05, 0.1) is 35.4 Å². The number of nitrogens with one attached hydrogen (secondary N) is 1. The number of nitrogens with zero attached hydrogens (tertiary/aromatic N) is 2. The van der Waals surface area contributed by atoms with Crippen molar-refractivity contribution in [1.82, 2.24) is 4.90 Å². The number of likely N-dealkylation sites (N-methyl/N-ethyl adjacent to an activating group) is 1. The van der Waals surface area contributed by atoms with Crippen molar-refractivity contribution in [3.63, 3.8) is 0 Å². The van der Waals surface area contributed by atoms with Crippen molar-refractivity contribution in [2.24, 2.45) is 0 Å². The van der Waals surface area contributed by atoms with Crippen LogP contribution in [-0.2, 0) is 14.4 Å². The summed E-state index contributed by atoms with van der Waals surface area (Å²) in [6.45, 7) is 1.82. The first kappa shape index (κ1) is 19.1. The standard InChI is InChI=1S/C20H20ClN3O3/c1-13-7-3-6-10-16(13)24-19(26)11-17(20(24)27)23(2)12-18(25)22-15-9-5-4-8-14(15)21/h3-10,17H,11-12H2,1-2H3,(H,22,25). The number of amides is 3. The molecule has 1 aliphatic heterocycles. The Balaban J connectivity index is 1.69. The molecule has 7 heteroatoms. The monoisotopic (exact) mass is 385 g/mol. The number of carbonyl (C=O) groups is 3. The molecular formula is C20H20ClN3O3. The minimum Gasteiger partial charge on any atom is -0.324 e. The van der Waals surface area contributed by atoms with Gasteiger partial charge in [-0.25, -0.2) is 4.90 Å². The zero-order chi connectivity index (χ0) is 19.6. The molecule has 3 rings (SSSR count). The molecule has 2 aromatic carbocycles. The Morgan fingerprint density at radius 2 is 1.85 bits per heavy atom. The predicted octanol–water partition coefficient (Wildman–Crippen LogP) is 2.85. The van der Waals surface area contributed by atoms with Crippen LogP contribution in [0, 0.1) is 6.92 Å². The maximum absolute atomic E-state index is 12.8. The molecule has 1 aliphatic rings. The average molecular weight is 386 g/mol. The van der Waals surface area contributed by atoms with Gasteiger partial charge in [0, 0.05) is 0 Å². The Labute approximate surface area is 162 Å². The van der Waals surface area contributed by atoms with E-state index >= 15 is 0 Å². The average Bonchev–Trinajstić information content (AvgIpc) is 2.92. The fourth-order valence-corrected chi connectivity index (χ4v) is 3.30. The van der Waals surface area contributed by atoms with Gasteiger partial charge < -0.3 is 5.32 Å². The van der Waals surface area contributed by atoms with E-state index in [0.29, 0.717) is 16.4 Å². The van der Waals surface area contributed by atoms with E-state index < -0.39 is 6.04 Å². The van der Waals surface area contributed by atoms with Crippen molar-refractivity contribution in [2.45, 2.75) is 19.4 Å². The Hall–Kier alpha value is -2.70. The minimum atomic E-state index is -0.672. The van der Waals surface area contributed by atoms with Crippen LogP contribution in [0.15, 0.2) is 48.5 Å². The fourth-order valence-electron chi connectivity index (χ4n) is 3.12. The van der Waals surface area contributed by atoms with Crippen LogP contribution in [0.5, 0.6) is 0 Å². The number of benzene rings is 2. The molecule has 3 amide bonds. The van der Waals surface area contributed by atoms with Crippen LogP contribution in [0.3, 0.4) is 0 Å². The molecule has 140 valence electrons. The van der Waals surface area contributed by atoms with Gasteiger partial charge in [-0.3, -0.25) is 19.3 Å². The van der Waals surface area contributed by atoms with Crippen LogP contribution < -0.4 is 10.2 Å². The largest absolute Gasteiger partial charge is 0.324 e. The molecule has 6 nitrogen and oxygen atoms in total. The highest BCUT2D eigenvalue weighted by atomic mass is 35.5. The maximum Gasteiger partial charge on any atom is 0.251 e. The van der Waals surface area contributed by atoms with E-state index in [9.17, 15) is 14.4 Å². The highest BCUT2D eigenvalue weighted by molar-refractivity contribution is 6.33. The molecule has 1 saturated heterocycles. The van der Waals surface area contributed by atoms with Gasteiger partial charge in [-0.1, -0.05) is 41.9 Å². The first-order valence-electron chi connectivity index (χ1n) is 8.55. The van der Waals surface area contributed by atoms with E-state index in [4.69, 9.17) is 11.6 Å². The summed E-state index contributed by atoms with van der Waals surface area (Å²) in [5, 5.41) is 3.16. The van der Waals surface area contributed by atoms with Crippen LogP contribution in [0.1, 0.15) is 12.0 Å². The highest BCUT2D eigenvalue weighted by Gasteiger charge is 2.42. The Kier molecular flexibility index (Phi) is 5.58. The van der Waals surface area contributed by atoms with Gasteiger partial charge in [-0.2, -0.15) is 0 Å². The van der Waals surface area contributed by atoms with Crippen molar-refractivity contribution >= 4 is 40.7 Å². The number of halogens is 1. The first-order chi connectivity index (χ1) is 12.9. The van der Waals surface area contributed by atoms with E-state index in [1.54, 1.807) is 48.3 Å². The maximum atomic E-state index is 12.8. The van der Waals surface area contributed by atoms with Gasteiger partial charge >= 0.3 is 0 Å². The topological polar surface area (TPSA) is 69.7 Å². The van der Waals surface area contributed by atoms with Crippen molar-refractivity contribution in [1.29, 1.82) is 0 Å². The first-order valence-corrected chi connectivity index (χ1v) is 8.93. The van der Waals surface area contributed by atoms with Crippen molar-refractivity contribution in [3.05, 3.63) is 59.1 Å². The molecule has 0 aromatic heterocycles. The molecule has 1 fully saturated rings. The number of carbonyl (C=O) groups excluding carboxylic acids is 3. The lowest BCUT2D eigenvalue weighted by atomic mass is 10.2. The number of anilines is 2. The molecule has 27 heavy (non-hydrogen) atoms. The third kappa shape index (κ3) is 4.02. The van der Waals surface area contributed by atoms with E-state index in [-0.39, 0.29) is 30.7 Å². The molecule has 2 aromatic rings. The summed E-state index contributed by atoms with van der Waals surface area (Å²) in [5.74, 6) is -0.889. The second kappa shape index (κ2) is 7.90. The highest BCUT2D eigenvalue weighted by Crippen LogP contribution is 2.28. The zero-order valence-electron chi connectivity index (χ0n) is 15.1. The normalized spacial score (nSPS) is 16.9. The molecular weight excluding hydrogens is 366 g/mol. The quantitative estimate of drug-likeness (QED) is 0.803. The van der Waals surface area contributed by atoms with Crippen LogP contribution in [0.4, 0.5) is 11.4 Å². The summed E-state index contributed by atoms with van der Waals surface area (Å²) in [4.78, 5) is 40.4. The number of aryl methyl sites for hydroxylation is 1. The number of rotatable bonds is 5. The molecule has 1 N–H and O–H groups in total. The van der Waals surface area contributed by atoms with E-state index in [0.717, 1.165) is 5.56 Å². The number of hydrogen-bond donors (Lipinski definition) is 1. The summed E-state index contributed by atoms with van der Waals surface area (Å²) < 4.78 is 0. The second-order valence-electron chi connectivity index (χ2n) is 6.52. The summed E-state index contributed by atoms with van der Waals surface area (Å²) >= 11 is 6.04. The van der Waals surface area contributed by atoms with E-state index in [1.165, 1.54) is 4.90 Å².